The van der Waals surface area contributed by atoms with Crippen LogP contribution in [-0.2, 0) is 14.8 Å². The van der Waals surface area contributed by atoms with Gasteiger partial charge in [0.1, 0.15) is 6.04 Å². The number of aliphatic carboxylic acids is 1. The highest BCUT2D eigenvalue weighted by molar-refractivity contribution is 7.89. The van der Waals surface area contributed by atoms with Crippen LogP contribution < -0.4 is 11.5 Å². The molecule has 9 nitrogen and oxygen atoms in total. The molecule has 2 aromatic rings. The van der Waals surface area contributed by atoms with E-state index in [1.54, 1.807) is 12.1 Å². The molecule has 1 aromatic heterocycles. The van der Waals surface area contributed by atoms with Crippen molar-refractivity contribution in [2.45, 2.75) is 23.8 Å². The van der Waals surface area contributed by atoms with Crippen LogP contribution in [0.1, 0.15) is 12.8 Å². The second-order valence-corrected chi connectivity index (χ2v) is 7.56. The van der Waals surface area contributed by atoms with E-state index in [9.17, 15) is 18.3 Å². The Balaban J connectivity index is 2.12. The lowest BCUT2D eigenvalue weighted by molar-refractivity contribution is -0.140. The molecular weight excluding hydrogens is 346 g/mol. The van der Waals surface area contributed by atoms with Gasteiger partial charge in [-0.1, -0.05) is 6.07 Å². The number of hydrogen-bond donors (Lipinski definition) is 3. The van der Waals surface area contributed by atoms with E-state index in [2.05, 4.69) is 9.98 Å². The van der Waals surface area contributed by atoms with E-state index >= 15 is 0 Å². The van der Waals surface area contributed by atoms with E-state index in [-0.39, 0.29) is 23.2 Å². The van der Waals surface area contributed by atoms with Gasteiger partial charge in [0.05, 0.1) is 4.90 Å². The van der Waals surface area contributed by atoms with Crippen LogP contribution in [0.4, 0.5) is 5.82 Å². The van der Waals surface area contributed by atoms with Crippen molar-refractivity contribution in [1.82, 2.24) is 9.29 Å². The van der Waals surface area contributed by atoms with Crippen LogP contribution in [0, 0.1) is 0 Å². The number of aliphatic imine (C=N–C) groups is 1. The lowest BCUT2D eigenvalue weighted by Gasteiger charge is -2.21. The largest absolute Gasteiger partial charge is 0.480 e. The van der Waals surface area contributed by atoms with E-state index in [4.69, 9.17) is 11.5 Å². The predicted molar refractivity (Wildman–Crippen MR) is 91.8 cm³/mol. The maximum Gasteiger partial charge on any atom is 0.322 e. The Morgan fingerprint density at radius 3 is 2.76 bits per heavy atom. The van der Waals surface area contributed by atoms with Gasteiger partial charge >= 0.3 is 5.97 Å². The fourth-order valence-corrected chi connectivity index (χ4v) is 4.59. The van der Waals surface area contributed by atoms with Gasteiger partial charge < -0.3 is 16.6 Å². The number of carboxylic acids is 1. The lowest BCUT2D eigenvalue weighted by atomic mass is 10.1. The molecular formula is C15H17N5O4S. The van der Waals surface area contributed by atoms with E-state index in [0.717, 1.165) is 4.31 Å². The Hall–Kier alpha value is -2.72. The summed E-state index contributed by atoms with van der Waals surface area (Å²) >= 11 is 0. The lowest BCUT2D eigenvalue weighted by Crippen LogP contribution is -2.40. The van der Waals surface area contributed by atoms with E-state index in [1.807, 2.05) is 0 Å². The van der Waals surface area contributed by atoms with Crippen LogP contribution in [0.25, 0.3) is 10.8 Å². The molecule has 0 spiro atoms. The summed E-state index contributed by atoms with van der Waals surface area (Å²) in [5.41, 5.74) is 10.8. The minimum absolute atomic E-state index is 0.0202. The van der Waals surface area contributed by atoms with Gasteiger partial charge in [-0.2, -0.15) is 9.30 Å². The molecule has 0 amide bonds. The maximum atomic E-state index is 12.9. The van der Waals surface area contributed by atoms with Crippen molar-refractivity contribution >= 4 is 38.5 Å². The fourth-order valence-electron chi connectivity index (χ4n) is 2.91. The molecule has 1 aromatic carbocycles. The summed E-state index contributed by atoms with van der Waals surface area (Å²) in [6.45, 7) is 0.172. The number of sulfonamides is 1. The minimum Gasteiger partial charge on any atom is -0.480 e. The molecule has 0 saturated carbocycles. The van der Waals surface area contributed by atoms with Crippen molar-refractivity contribution in [1.29, 1.82) is 0 Å². The van der Waals surface area contributed by atoms with Crippen molar-refractivity contribution < 1.29 is 18.3 Å². The number of carboxylic acid groups (broad SMARTS) is 1. The molecule has 0 aliphatic carbocycles. The van der Waals surface area contributed by atoms with E-state index < -0.39 is 22.0 Å². The number of rotatable bonds is 4. The molecule has 0 bridgehead atoms. The van der Waals surface area contributed by atoms with Crippen molar-refractivity contribution in [2.24, 2.45) is 16.5 Å². The number of guanidine groups is 1. The number of fused-ring (bicyclic) bond motifs is 1. The smallest absolute Gasteiger partial charge is 0.322 e. The number of carbonyl (C=O) groups is 1. The number of benzene rings is 1. The normalized spacial score (nSPS) is 18.3. The van der Waals surface area contributed by atoms with Gasteiger partial charge in [0.2, 0.25) is 10.0 Å². The molecule has 0 radical (unpaired) electrons. The van der Waals surface area contributed by atoms with Crippen molar-refractivity contribution in [3.05, 3.63) is 30.5 Å². The molecule has 25 heavy (non-hydrogen) atoms. The van der Waals surface area contributed by atoms with Gasteiger partial charge in [0.25, 0.3) is 0 Å². The molecule has 10 heteroatoms. The van der Waals surface area contributed by atoms with Crippen molar-refractivity contribution in [3.63, 3.8) is 0 Å². The monoisotopic (exact) mass is 363 g/mol. The second kappa shape index (κ2) is 6.30. The summed E-state index contributed by atoms with van der Waals surface area (Å²) in [7, 11) is -3.96. The third-order valence-electron chi connectivity index (χ3n) is 4.05. The average molecular weight is 363 g/mol. The Labute approximate surface area is 144 Å². The summed E-state index contributed by atoms with van der Waals surface area (Å²) in [6, 6.07) is 5.12. The Kier molecular flexibility index (Phi) is 4.31. The molecule has 1 aliphatic rings. The number of aromatic nitrogens is 1. The summed E-state index contributed by atoms with van der Waals surface area (Å²) < 4.78 is 26.8. The Bertz CT molecular complexity index is 969. The fraction of sp³-hybridized carbons (Fsp3) is 0.267. The first kappa shape index (κ1) is 17.1. The summed E-state index contributed by atoms with van der Waals surface area (Å²) in [5.74, 6) is -1.14. The van der Waals surface area contributed by atoms with Gasteiger partial charge in [-0.15, -0.1) is 0 Å². The Morgan fingerprint density at radius 1 is 1.32 bits per heavy atom. The van der Waals surface area contributed by atoms with Gasteiger partial charge in [0, 0.05) is 18.1 Å². The Morgan fingerprint density at radius 2 is 2.08 bits per heavy atom. The third kappa shape index (κ3) is 3.13. The van der Waals surface area contributed by atoms with Crippen molar-refractivity contribution in [3.8, 4) is 0 Å². The highest BCUT2D eigenvalue weighted by Crippen LogP contribution is 2.30. The second-order valence-electron chi connectivity index (χ2n) is 5.67. The van der Waals surface area contributed by atoms with Crippen LogP contribution in [0.3, 0.4) is 0 Å². The van der Waals surface area contributed by atoms with E-state index in [0.29, 0.717) is 23.6 Å². The topological polar surface area (TPSA) is 152 Å². The summed E-state index contributed by atoms with van der Waals surface area (Å²) in [5, 5.41) is 10.4. The average Bonchev–Trinajstić information content (AvgIpc) is 3.05. The van der Waals surface area contributed by atoms with Crippen LogP contribution in [0.5, 0.6) is 0 Å². The highest BCUT2D eigenvalue weighted by Gasteiger charge is 2.39. The highest BCUT2D eigenvalue weighted by atomic mass is 32.2. The molecule has 0 unspecified atom stereocenters. The number of hydrogen-bond acceptors (Lipinski definition) is 5. The zero-order chi connectivity index (χ0) is 18.2. The molecule has 2 heterocycles. The predicted octanol–water partition coefficient (Wildman–Crippen LogP) is 0.377. The van der Waals surface area contributed by atoms with Crippen LogP contribution in [0.2, 0.25) is 0 Å². The van der Waals surface area contributed by atoms with Crippen LogP contribution in [-0.4, -0.2) is 47.3 Å². The van der Waals surface area contributed by atoms with Gasteiger partial charge in [-0.25, -0.2) is 13.4 Å². The maximum absolute atomic E-state index is 12.9. The molecule has 5 N–H and O–H groups in total. The molecule has 1 atom stereocenters. The van der Waals surface area contributed by atoms with E-state index in [1.165, 1.54) is 18.3 Å². The summed E-state index contributed by atoms with van der Waals surface area (Å²) in [4.78, 5) is 19.3. The number of nitrogens with two attached hydrogens (primary N) is 2. The van der Waals surface area contributed by atoms with Gasteiger partial charge in [-0.05, 0) is 36.4 Å². The molecule has 1 saturated heterocycles. The SMILES string of the molecule is NC(N)=Nc1nccc2ccc(S(=O)(=O)N3CCC[C@H]3C(=O)O)cc12. The van der Waals surface area contributed by atoms with Gasteiger partial charge in [-0.3, -0.25) is 4.79 Å². The first-order valence-electron chi connectivity index (χ1n) is 7.54. The van der Waals surface area contributed by atoms with Crippen LogP contribution >= 0.6 is 0 Å². The quantitative estimate of drug-likeness (QED) is 0.524. The first-order chi connectivity index (χ1) is 11.8. The van der Waals surface area contributed by atoms with Crippen molar-refractivity contribution in [2.75, 3.05) is 6.54 Å². The minimum atomic E-state index is -3.96. The summed E-state index contributed by atoms with van der Waals surface area (Å²) in [6.07, 6.45) is 2.31. The van der Waals surface area contributed by atoms with Crippen LogP contribution in [0.15, 0.2) is 40.4 Å². The molecule has 3 rings (SSSR count). The third-order valence-corrected chi connectivity index (χ3v) is 5.95. The molecule has 1 fully saturated rings. The van der Waals surface area contributed by atoms with Gasteiger partial charge in [0.15, 0.2) is 11.8 Å². The standard InChI is InChI=1S/C15H17N5O4S/c16-15(17)19-13-11-8-10(4-3-9(11)5-6-18-13)25(23,24)20-7-1-2-12(20)14(21)22/h3-6,8,12H,1-2,7H2,(H,21,22)(H4,16,17,18,19)/t12-/m0/s1. The number of pyridine rings is 1. The first-order valence-corrected chi connectivity index (χ1v) is 8.98. The zero-order valence-corrected chi connectivity index (χ0v) is 14.0. The zero-order valence-electron chi connectivity index (χ0n) is 13.2. The molecule has 1 aliphatic heterocycles. The molecule has 132 valence electrons. The number of nitrogens with zero attached hydrogens (tertiary/aromatic N) is 3.